The molecule has 0 saturated heterocycles. The Morgan fingerprint density at radius 1 is 1.33 bits per heavy atom. The van der Waals surface area contributed by atoms with E-state index in [1.165, 1.54) is 7.11 Å². The van der Waals surface area contributed by atoms with Gasteiger partial charge in [0.25, 0.3) is 5.91 Å². The number of primary amides is 1. The summed E-state index contributed by atoms with van der Waals surface area (Å²) in [6, 6.07) is -0.977. The predicted octanol–water partition coefficient (Wildman–Crippen LogP) is -1.09. The molecule has 0 aliphatic heterocycles. The fourth-order valence-electron chi connectivity index (χ4n) is 0.375. The first-order valence-corrected chi connectivity index (χ1v) is 2.92. The van der Waals surface area contributed by atoms with Crippen LogP contribution < -0.4 is 11.1 Å². The molecular weight excluding hydrogens is 164 g/mol. The summed E-state index contributed by atoms with van der Waals surface area (Å²) in [5.74, 6) is -1.46. The highest BCUT2D eigenvalue weighted by Crippen LogP contribution is 1.77. The molecule has 0 aromatic heterocycles. The number of imide groups is 1. The molecule has 0 unspecified atom stereocenters. The summed E-state index contributed by atoms with van der Waals surface area (Å²) >= 11 is 0. The molecule has 0 aromatic rings. The standard InChI is InChI=1S/C6H8N2O4/c1-12-5(10)3-2-4(9)8-6(7)11/h2-3H,1H3,(H3,7,8,9,11)/b3-2+. The van der Waals surface area contributed by atoms with Crippen molar-refractivity contribution in [3.8, 4) is 0 Å². The zero-order valence-electron chi connectivity index (χ0n) is 6.37. The number of urea groups is 1. The second-order valence-electron chi connectivity index (χ2n) is 1.71. The highest BCUT2D eigenvalue weighted by atomic mass is 16.5. The van der Waals surface area contributed by atoms with E-state index in [4.69, 9.17) is 0 Å². The lowest BCUT2D eigenvalue weighted by molar-refractivity contribution is -0.135. The molecule has 0 spiro atoms. The normalized spacial score (nSPS) is 9.42. The third kappa shape index (κ3) is 4.98. The minimum Gasteiger partial charge on any atom is -0.466 e. The Bertz CT molecular complexity index is 234. The van der Waals surface area contributed by atoms with Crippen molar-refractivity contribution in [1.29, 1.82) is 0 Å². The van der Waals surface area contributed by atoms with Crippen LogP contribution in [-0.2, 0) is 14.3 Å². The lowest BCUT2D eigenvalue weighted by atomic mass is 10.5. The molecule has 0 aliphatic carbocycles. The summed E-state index contributed by atoms with van der Waals surface area (Å²) in [4.78, 5) is 31.0. The number of hydrogen-bond donors (Lipinski definition) is 2. The van der Waals surface area contributed by atoms with Crippen LogP contribution in [0.5, 0.6) is 0 Å². The molecule has 6 nitrogen and oxygen atoms in total. The molecule has 3 amide bonds. The van der Waals surface area contributed by atoms with Crippen LogP contribution in [0, 0.1) is 0 Å². The first-order valence-electron chi connectivity index (χ1n) is 2.92. The fourth-order valence-corrected chi connectivity index (χ4v) is 0.375. The van der Waals surface area contributed by atoms with Crippen LogP contribution in [-0.4, -0.2) is 25.0 Å². The maximum absolute atomic E-state index is 10.6. The van der Waals surface area contributed by atoms with Gasteiger partial charge in [-0.25, -0.2) is 9.59 Å². The van der Waals surface area contributed by atoms with E-state index in [0.29, 0.717) is 0 Å². The maximum Gasteiger partial charge on any atom is 0.330 e. The number of carbonyl (C=O) groups is 3. The predicted molar refractivity (Wildman–Crippen MR) is 38.9 cm³/mol. The molecule has 0 atom stereocenters. The quantitative estimate of drug-likeness (QED) is 0.408. The van der Waals surface area contributed by atoms with E-state index in [0.717, 1.165) is 12.2 Å². The van der Waals surface area contributed by atoms with Crippen molar-refractivity contribution in [1.82, 2.24) is 5.32 Å². The highest BCUT2D eigenvalue weighted by molar-refractivity contribution is 6.02. The van der Waals surface area contributed by atoms with Crippen LogP contribution in [0.25, 0.3) is 0 Å². The van der Waals surface area contributed by atoms with E-state index < -0.39 is 17.9 Å². The first kappa shape index (κ1) is 10.2. The second kappa shape index (κ2) is 4.89. The topological polar surface area (TPSA) is 98.5 Å². The zero-order chi connectivity index (χ0) is 9.56. The van der Waals surface area contributed by atoms with Gasteiger partial charge in [0.15, 0.2) is 0 Å². The molecule has 0 bridgehead atoms. The number of ether oxygens (including phenoxy) is 1. The van der Waals surface area contributed by atoms with Crippen molar-refractivity contribution in [2.24, 2.45) is 5.73 Å². The van der Waals surface area contributed by atoms with Crippen molar-refractivity contribution in [3.63, 3.8) is 0 Å². The van der Waals surface area contributed by atoms with Crippen molar-refractivity contribution in [2.45, 2.75) is 0 Å². The van der Waals surface area contributed by atoms with Gasteiger partial charge in [-0.05, 0) is 0 Å². The molecule has 0 heterocycles. The van der Waals surface area contributed by atoms with Gasteiger partial charge >= 0.3 is 12.0 Å². The SMILES string of the molecule is COC(=O)/C=C/C(=O)NC(N)=O. The monoisotopic (exact) mass is 172 g/mol. The van der Waals surface area contributed by atoms with Crippen molar-refractivity contribution >= 4 is 17.9 Å². The Morgan fingerprint density at radius 2 is 1.92 bits per heavy atom. The molecule has 0 radical (unpaired) electrons. The molecule has 12 heavy (non-hydrogen) atoms. The minimum atomic E-state index is -0.977. The number of methoxy groups -OCH3 is 1. The van der Waals surface area contributed by atoms with Crippen molar-refractivity contribution in [2.75, 3.05) is 7.11 Å². The molecule has 0 saturated carbocycles. The van der Waals surface area contributed by atoms with Crippen LogP contribution in [0.3, 0.4) is 0 Å². The van der Waals surface area contributed by atoms with E-state index in [9.17, 15) is 14.4 Å². The van der Waals surface area contributed by atoms with Gasteiger partial charge in [0, 0.05) is 12.2 Å². The number of carbonyl (C=O) groups excluding carboxylic acids is 3. The first-order chi connectivity index (χ1) is 5.56. The third-order valence-electron chi connectivity index (χ3n) is 0.818. The molecule has 0 aliphatic rings. The van der Waals surface area contributed by atoms with Gasteiger partial charge in [0.1, 0.15) is 0 Å². The summed E-state index contributed by atoms with van der Waals surface area (Å²) in [5, 5.41) is 1.73. The van der Waals surface area contributed by atoms with Gasteiger partial charge in [-0.15, -0.1) is 0 Å². The third-order valence-corrected chi connectivity index (χ3v) is 0.818. The van der Waals surface area contributed by atoms with Gasteiger partial charge in [0.05, 0.1) is 7.11 Å². The number of hydrogen-bond acceptors (Lipinski definition) is 4. The largest absolute Gasteiger partial charge is 0.466 e. The van der Waals surface area contributed by atoms with Crippen LogP contribution in [0.4, 0.5) is 4.79 Å². The number of esters is 1. The Balaban J connectivity index is 3.91. The lowest BCUT2D eigenvalue weighted by Crippen LogP contribution is -2.33. The number of amides is 3. The van der Waals surface area contributed by atoms with Gasteiger partial charge in [-0.2, -0.15) is 0 Å². The van der Waals surface area contributed by atoms with E-state index >= 15 is 0 Å². The van der Waals surface area contributed by atoms with Crippen LogP contribution in [0.15, 0.2) is 12.2 Å². The zero-order valence-corrected chi connectivity index (χ0v) is 6.37. The summed E-state index contributed by atoms with van der Waals surface area (Å²) in [7, 11) is 1.17. The van der Waals surface area contributed by atoms with E-state index in [2.05, 4.69) is 10.5 Å². The maximum atomic E-state index is 10.6. The van der Waals surface area contributed by atoms with Crippen LogP contribution in [0.2, 0.25) is 0 Å². The van der Waals surface area contributed by atoms with E-state index in [1.54, 1.807) is 5.32 Å². The van der Waals surface area contributed by atoms with E-state index in [1.807, 2.05) is 0 Å². The summed E-state index contributed by atoms with van der Waals surface area (Å²) in [6.07, 6.45) is 1.72. The van der Waals surface area contributed by atoms with Gasteiger partial charge < -0.3 is 10.5 Å². The Kier molecular flexibility index (Phi) is 4.13. The fraction of sp³-hybridized carbons (Fsp3) is 0.167. The van der Waals surface area contributed by atoms with Crippen LogP contribution in [0.1, 0.15) is 0 Å². The minimum absolute atomic E-state index is 0.686. The van der Waals surface area contributed by atoms with Gasteiger partial charge in [-0.1, -0.05) is 0 Å². The Morgan fingerprint density at radius 3 is 2.33 bits per heavy atom. The van der Waals surface area contributed by atoms with E-state index in [-0.39, 0.29) is 0 Å². The van der Waals surface area contributed by atoms with Gasteiger partial charge in [0.2, 0.25) is 0 Å². The molecule has 66 valence electrons. The molecule has 0 aromatic carbocycles. The van der Waals surface area contributed by atoms with Gasteiger partial charge in [-0.3, -0.25) is 10.1 Å². The summed E-state index contributed by atoms with van der Waals surface area (Å²) < 4.78 is 4.18. The Labute approximate surface area is 68.4 Å². The molecule has 0 fully saturated rings. The molecule has 6 heteroatoms. The number of nitrogens with two attached hydrogens (primary N) is 1. The van der Waals surface area contributed by atoms with Crippen molar-refractivity contribution in [3.05, 3.63) is 12.2 Å². The second-order valence-corrected chi connectivity index (χ2v) is 1.71. The average Bonchev–Trinajstić information content (AvgIpc) is 1.99. The summed E-state index contributed by atoms with van der Waals surface area (Å²) in [6.45, 7) is 0. The smallest absolute Gasteiger partial charge is 0.330 e. The molecule has 0 rings (SSSR count). The molecule has 3 N–H and O–H groups in total. The lowest BCUT2D eigenvalue weighted by Gasteiger charge is -1.92. The molecular formula is C6H8N2O4. The number of rotatable bonds is 2. The summed E-state index contributed by atoms with van der Waals surface area (Å²) in [5.41, 5.74) is 4.61. The number of nitrogens with one attached hydrogen (secondary N) is 1. The van der Waals surface area contributed by atoms with Crippen molar-refractivity contribution < 1.29 is 19.1 Å². The Hall–Kier alpha value is -1.85. The highest BCUT2D eigenvalue weighted by Gasteiger charge is 1.99. The average molecular weight is 172 g/mol. The van der Waals surface area contributed by atoms with Crippen LogP contribution >= 0.6 is 0 Å².